The number of carboxylic acid groups (broad SMARTS) is 1. The molecule has 0 bridgehead atoms. The van der Waals surface area contributed by atoms with Crippen LogP contribution in [0.5, 0.6) is 0 Å². The van der Waals surface area contributed by atoms with Crippen LogP contribution in [0.1, 0.15) is 27.9 Å². The third-order valence-electron chi connectivity index (χ3n) is 6.51. The van der Waals surface area contributed by atoms with Gasteiger partial charge in [0.1, 0.15) is 0 Å². The van der Waals surface area contributed by atoms with E-state index in [-0.39, 0.29) is 13.0 Å². The van der Waals surface area contributed by atoms with Crippen LogP contribution in [0.15, 0.2) is 42.7 Å². The van der Waals surface area contributed by atoms with Crippen molar-refractivity contribution in [3.05, 3.63) is 70.7 Å². The molecule has 2 aromatic heterocycles. The molecule has 0 fully saturated rings. The predicted molar refractivity (Wildman–Crippen MR) is 128 cm³/mol. The Balaban J connectivity index is 1.83. The topological polar surface area (TPSA) is 91.5 Å². The molecule has 0 amide bonds. The van der Waals surface area contributed by atoms with E-state index in [9.17, 15) is 15.0 Å². The fourth-order valence-corrected chi connectivity index (χ4v) is 4.91. The maximum absolute atomic E-state index is 11.9. The quantitative estimate of drug-likeness (QED) is 0.479. The van der Waals surface area contributed by atoms with Crippen LogP contribution >= 0.6 is 0 Å². The number of carboxylic acids is 1. The number of aromatic nitrogens is 3. The van der Waals surface area contributed by atoms with E-state index in [1.165, 1.54) is 0 Å². The molecule has 1 aliphatic heterocycles. The number of aryl methyl sites for hydroxylation is 2. The maximum Gasteiger partial charge on any atom is 0.307 e. The molecule has 0 saturated carbocycles. The number of hydrogen-bond donors (Lipinski definition) is 2. The van der Waals surface area contributed by atoms with Crippen molar-refractivity contribution in [3.63, 3.8) is 0 Å². The van der Waals surface area contributed by atoms with E-state index in [0.29, 0.717) is 18.1 Å². The molecule has 0 radical (unpaired) electrons. The second kappa shape index (κ2) is 8.01. The summed E-state index contributed by atoms with van der Waals surface area (Å²) in [7, 11) is 0. The molecule has 7 nitrogen and oxygen atoms in total. The second-order valence-corrected chi connectivity index (χ2v) is 8.66. The number of nitrogens with zero attached hydrogens (tertiary/aromatic N) is 4. The molecule has 0 aliphatic carbocycles. The monoisotopic (exact) mass is 442 g/mol. The Labute approximate surface area is 192 Å². The molecule has 0 spiro atoms. The Bertz CT molecular complexity index is 1370. The molecule has 2 N–H and O–H groups in total. The van der Waals surface area contributed by atoms with Crippen molar-refractivity contribution in [2.75, 3.05) is 11.4 Å². The van der Waals surface area contributed by atoms with Crippen LogP contribution in [0, 0.1) is 20.8 Å². The van der Waals surface area contributed by atoms with Gasteiger partial charge in [0.05, 0.1) is 24.2 Å². The van der Waals surface area contributed by atoms with E-state index in [1.807, 2.05) is 13.8 Å². The summed E-state index contributed by atoms with van der Waals surface area (Å²) in [5.74, 6) is -0.314. The van der Waals surface area contributed by atoms with Gasteiger partial charge in [0.15, 0.2) is 0 Å². The fourth-order valence-electron chi connectivity index (χ4n) is 4.91. The van der Waals surface area contributed by atoms with Crippen LogP contribution < -0.4 is 4.90 Å². The molecule has 0 atom stereocenters. The van der Waals surface area contributed by atoms with Crippen LogP contribution in [-0.4, -0.2) is 37.3 Å². The highest BCUT2D eigenvalue weighted by Gasteiger charge is 2.30. The zero-order chi connectivity index (χ0) is 23.3. The minimum Gasteiger partial charge on any atom is -0.481 e. The molecule has 2 aromatic carbocycles. The first-order chi connectivity index (χ1) is 15.9. The number of aliphatic carboxylic acids is 1. The minimum absolute atomic E-state index is 0.0691. The van der Waals surface area contributed by atoms with Gasteiger partial charge in [0.25, 0.3) is 0 Å². The Kier molecular flexibility index (Phi) is 5.13. The highest BCUT2D eigenvalue weighted by Crippen LogP contribution is 2.46. The van der Waals surface area contributed by atoms with Gasteiger partial charge in [-0.1, -0.05) is 29.8 Å². The number of aliphatic hydroxyl groups excluding tert-OH is 1. The van der Waals surface area contributed by atoms with Crippen LogP contribution in [0.25, 0.3) is 22.0 Å². The summed E-state index contributed by atoms with van der Waals surface area (Å²) < 4.78 is 2.30. The Hall–Kier alpha value is -3.71. The molecular formula is C26H26N4O3. The highest BCUT2D eigenvalue weighted by molar-refractivity contribution is 6.08. The van der Waals surface area contributed by atoms with Crippen molar-refractivity contribution in [3.8, 4) is 11.1 Å². The lowest BCUT2D eigenvalue weighted by Crippen LogP contribution is -2.30. The molecule has 1 aliphatic rings. The number of anilines is 2. The Morgan fingerprint density at radius 2 is 1.76 bits per heavy atom. The summed E-state index contributed by atoms with van der Waals surface area (Å²) in [5.41, 5.74) is 8.72. The van der Waals surface area contributed by atoms with Crippen molar-refractivity contribution in [2.24, 2.45) is 0 Å². The van der Waals surface area contributed by atoms with E-state index in [0.717, 1.165) is 56.6 Å². The van der Waals surface area contributed by atoms with Gasteiger partial charge in [0, 0.05) is 42.1 Å². The maximum atomic E-state index is 11.9. The zero-order valence-electron chi connectivity index (χ0n) is 19.0. The zero-order valence-corrected chi connectivity index (χ0v) is 19.0. The summed E-state index contributed by atoms with van der Waals surface area (Å²) in [4.78, 5) is 23.0. The highest BCUT2D eigenvalue weighted by atomic mass is 16.4. The summed E-state index contributed by atoms with van der Waals surface area (Å²) in [6, 6.07) is 10.4. The van der Waals surface area contributed by atoms with E-state index in [4.69, 9.17) is 0 Å². The van der Waals surface area contributed by atoms with Crippen LogP contribution in [0.2, 0.25) is 0 Å². The van der Waals surface area contributed by atoms with Crippen molar-refractivity contribution in [2.45, 2.75) is 40.3 Å². The van der Waals surface area contributed by atoms with Gasteiger partial charge < -0.3 is 19.7 Å². The second-order valence-electron chi connectivity index (χ2n) is 8.66. The van der Waals surface area contributed by atoms with Crippen molar-refractivity contribution in [1.82, 2.24) is 14.5 Å². The van der Waals surface area contributed by atoms with Gasteiger partial charge in [-0.2, -0.15) is 0 Å². The number of hydrogen-bond acceptors (Lipinski definition) is 5. The largest absolute Gasteiger partial charge is 0.481 e. The lowest BCUT2D eigenvalue weighted by molar-refractivity contribution is -0.136. The minimum atomic E-state index is -0.861. The third-order valence-corrected chi connectivity index (χ3v) is 6.51. The van der Waals surface area contributed by atoms with E-state index >= 15 is 0 Å². The number of rotatable bonds is 5. The number of aliphatic hydroxyl groups is 1. The van der Waals surface area contributed by atoms with Crippen molar-refractivity contribution >= 4 is 28.5 Å². The van der Waals surface area contributed by atoms with E-state index in [1.54, 1.807) is 12.4 Å². The fraction of sp³-hybridized carbons (Fsp3) is 0.269. The molecule has 7 heteroatoms. The molecule has 0 unspecified atom stereocenters. The van der Waals surface area contributed by atoms with Gasteiger partial charge in [0.2, 0.25) is 5.95 Å². The summed E-state index contributed by atoms with van der Waals surface area (Å²) in [6.07, 6.45) is 3.19. The van der Waals surface area contributed by atoms with Gasteiger partial charge in [-0.15, -0.1) is 0 Å². The standard InChI is InChI=1S/C26H26N4O3/c1-15-4-6-19(7-5-15)23-20(11-22(32)33)17(3)24-25-21(23)10-16(2)29(25)8-9-30(24)26-27-12-18(14-31)13-28-26/h4-7,10,12-13,31H,8-9,11,14H2,1-3H3,(H,32,33). The lowest BCUT2D eigenvalue weighted by Gasteiger charge is -2.33. The normalized spacial score (nSPS) is 13.0. The lowest BCUT2D eigenvalue weighted by atomic mass is 9.88. The molecule has 4 aromatic rings. The third kappa shape index (κ3) is 3.45. The number of carbonyl (C=O) groups is 1. The van der Waals surface area contributed by atoms with Crippen LogP contribution in [-0.2, 0) is 24.4 Å². The van der Waals surface area contributed by atoms with Crippen molar-refractivity contribution in [1.29, 1.82) is 0 Å². The van der Waals surface area contributed by atoms with Crippen molar-refractivity contribution < 1.29 is 15.0 Å². The van der Waals surface area contributed by atoms with Crippen LogP contribution in [0.4, 0.5) is 11.6 Å². The van der Waals surface area contributed by atoms with E-state index < -0.39 is 5.97 Å². The first-order valence-corrected chi connectivity index (χ1v) is 11.0. The SMILES string of the molecule is Cc1ccc(-c2c(CC(=O)O)c(C)c3c4c2cc(C)n4CCN3c2ncc(CO)cn2)cc1. The van der Waals surface area contributed by atoms with E-state index in [2.05, 4.69) is 56.7 Å². The Morgan fingerprint density at radius 1 is 1.06 bits per heavy atom. The van der Waals surface area contributed by atoms with Gasteiger partial charge in [-0.25, -0.2) is 9.97 Å². The molecule has 5 rings (SSSR count). The molecule has 3 heterocycles. The first-order valence-electron chi connectivity index (χ1n) is 11.0. The van der Waals surface area contributed by atoms with Crippen LogP contribution in [0.3, 0.4) is 0 Å². The average Bonchev–Trinajstić information content (AvgIpc) is 3.14. The molecule has 33 heavy (non-hydrogen) atoms. The number of benzene rings is 2. The first kappa shape index (κ1) is 21.2. The smallest absolute Gasteiger partial charge is 0.307 e. The molecule has 168 valence electrons. The van der Waals surface area contributed by atoms with Gasteiger partial charge in [-0.05, 0) is 49.1 Å². The predicted octanol–water partition coefficient (Wildman–Crippen LogP) is 4.29. The van der Waals surface area contributed by atoms with Gasteiger partial charge >= 0.3 is 5.97 Å². The molecule has 0 saturated heterocycles. The summed E-state index contributed by atoms with van der Waals surface area (Å²) in [5, 5.41) is 20.2. The van der Waals surface area contributed by atoms with Gasteiger partial charge in [-0.3, -0.25) is 4.79 Å². The average molecular weight is 443 g/mol. The Morgan fingerprint density at radius 3 is 2.39 bits per heavy atom. The summed E-state index contributed by atoms with van der Waals surface area (Å²) in [6.45, 7) is 7.48. The molecular weight excluding hydrogens is 416 g/mol. The summed E-state index contributed by atoms with van der Waals surface area (Å²) >= 11 is 0.